The van der Waals surface area contributed by atoms with Gasteiger partial charge in [0.1, 0.15) is 0 Å². The quantitative estimate of drug-likeness (QED) is 0.305. The van der Waals surface area contributed by atoms with Crippen molar-refractivity contribution in [3.05, 3.63) is 53.6 Å². The molecule has 0 bridgehead atoms. The number of benzene rings is 1. The molecule has 9 nitrogen and oxygen atoms in total. The van der Waals surface area contributed by atoms with E-state index < -0.39 is 0 Å². The van der Waals surface area contributed by atoms with E-state index in [9.17, 15) is 9.59 Å². The summed E-state index contributed by atoms with van der Waals surface area (Å²) in [5.41, 5.74) is 4.07. The zero-order valence-corrected chi connectivity index (χ0v) is 23.4. The molecule has 0 atom stereocenters. The first kappa shape index (κ1) is 26.3. The highest BCUT2D eigenvalue weighted by atomic mass is 32.1. The van der Waals surface area contributed by atoms with Crippen LogP contribution in [0, 0.1) is 0 Å². The van der Waals surface area contributed by atoms with Gasteiger partial charge in [0.15, 0.2) is 17.4 Å². The van der Waals surface area contributed by atoms with Crippen molar-refractivity contribution in [1.82, 2.24) is 25.1 Å². The second-order valence-electron chi connectivity index (χ2n) is 10.1. The highest BCUT2D eigenvalue weighted by Crippen LogP contribution is 2.39. The van der Waals surface area contributed by atoms with Gasteiger partial charge in [-0.2, -0.15) is 5.10 Å². The number of aromatic nitrogens is 4. The molecule has 2 aliphatic rings. The van der Waals surface area contributed by atoms with Gasteiger partial charge >= 0.3 is 0 Å². The van der Waals surface area contributed by atoms with Crippen molar-refractivity contribution < 1.29 is 14.3 Å². The van der Waals surface area contributed by atoms with E-state index in [1.807, 2.05) is 36.2 Å². The van der Waals surface area contributed by atoms with Crippen LogP contribution in [0.25, 0.3) is 38.1 Å². The lowest BCUT2D eigenvalue weighted by molar-refractivity contribution is -0.130. The predicted octanol–water partition coefficient (Wildman–Crippen LogP) is 5.00. The lowest BCUT2D eigenvalue weighted by Gasteiger charge is -2.28. The number of ether oxygens (including phenoxy) is 1. The van der Waals surface area contributed by atoms with Gasteiger partial charge in [0.25, 0.3) is 0 Å². The first-order valence-corrected chi connectivity index (χ1v) is 14.6. The van der Waals surface area contributed by atoms with Gasteiger partial charge in [0.05, 0.1) is 35.1 Å². The minimum absolute atomic E-state index is 0.0741. The van der Waals surface area contributed by atoms with Crippen LogP contribution in [0.5, 0.6) is 0 Å². The third kappa shape index (κ3) is 5.41. The summed E-state index contributed by atoms with van der Waals surface area (Å²) in [7, 11) is 0. The monoisotopic (exact) mass is 556 g/mol. The molecule has 0 aliphatic carbocycles. The third-order valence-electron chi connectivity index (χ3n) is 7.43. The first-order chi connectivity index (χ1) is 19.6. The maximum atomic E-state index is 12.7. The number of carbonyl (C=O) groups excluding carboxylic acids is 2. The summed E-state index contributed by atoms with van der Waals surface area (Å²) in [5.74, 6) is 1.82. The number of amides is 1. The van der Waals surface area contributed by atoms with E-state index in [4.69, 9.17) is 14.7 Å². The van der Waals surface area contributed by atoms with Crippen molar-refractivity contribution in [3.63, 3.8) is 0 Å². The first-order valence-electron chi connectivity index (χ1n) is 13.8. The van der Waals surface area contributed by atoms with Crippen LogP contribution in [-0.4, -0.2) is 76.1 Å². The maximum absolute atomic E-state index is 12.7. The minimum Gasteiger partial charge on any atom is -0.378 e. The predicted molar refractivity (Wildman–Crippen MR) is 158 cm³/mol. The second-order valence-corrected chi connectivity index (χ2v) is 11.1. The number of carbonyl (C=O) groups is 2. The molecule has 0 saturated carbocycles. The van der Waals surface area contributed by atoms with Crippen LogP contribution in [-0.2, 0) is 14.3 Å². The maximum Gasteiger partial charge on any atom is 0.222 e. The Kier molecular flexibility index (Phi) is 7.70. The molecule has 206 valence electrons. The molecular formula is C30H32N6O3S. The van der Waals surface area contributed by atoms with Crippen LogP contribution < -0.4 is 4.90 Å². The van der Waals surface area contributed by atoms with Crippen molar-refractivity contribution in [1.29, 1.82) is 0 Å². The molecular weight excluding hydrogens is 524 g/mol. The van der Waals surface area contributed by atoms with Crippen LogP contribution in [0.3, 0.4) is 0 Å². The molecule has 0 radical (unpaired) electrons. The van der Waals surface area contributed by atoms with Crippen molar-refractivity contribution in [2.24, 2.45) is 0 Å². The van der Waals surface area contributed by atoms with E-state index in [1.54, 1.807) is 23.5 Å². The van der Waals surface area contributed by atoms with Gasteiger partial charge in [-0.1, -0.05) is 24.3 Å². The molecule has 5 heterocycles. The number of H-pyrrole nitrogens is 1. The molecule has 40 heavy (non-hydrogen) atoms. The molecule has 1 N–H and O–H groups in total. The van der Waals surface area contributed by atoms with Gasteiger partial charge in [-0.25, -0.2) is 9.97 Å². The number of rotatable bonds is 8. The van der Waals surface area contributed by atoms with Gasteiger partial charge in [0.2, 0.25) is 5.91 Å². The lowest BCUT2D eigenvalue weighted by atomic mass is 10.1. The van der Waals surface area contributed by atoms with Crippen LogP contribution >= 0.6 is 11.3 Å². The highest BCUT2D eigenvalue weighted by molar-refractivity contribution is 7.20. The third-order valence-corrected chi connectivity index (χ3v) is 8.63. The molecule has 2 aliphatic heterocycles. The number of allylic oxidation sites excluding steroid dienone is 2. The van der Waals surface area contributed by atoms with Gasteiger partial charge in [-0.05, 0) is 43.5 Å². The summed E-state index contributed by atoms with van der Waals surface area (Å²) in [5, 5.41) is 8.26. The summed E-state index contributed by atoms with van der Waals surface area (Å²) < 4.78 is 6.69. The van der Waals surface area contributed by atoms with E-state index in [0.29, 0.717) is 51.4 Å². The number of anilines is 1. The Morgan fingerprint density at radius 3 is 2.83 bits per heavy atom. The Hall–Kier alpha value is -3.89. The van der Waals surface area contributed by atoms with Gasteiger partial charge in [0, 0.05) is 54.8 Å². The van der Waals surface area contributed by atoms with E-state index in [0.717, 1.165) is 52.0 Å². The fourth-order valence-electron chi connectivity index (χ4n) is 5.31. The number of aromatic amines is 1. The Labute approximate surface area is 236 Å². The van der Waals surface area contributed by atoms with Crippen LogP contribution in [0.1, 0.15) is 37.5 Å². The normalized spacial score (nSPS) is 16.3. The Balaban J connectivity index is 1.27. The van der Waals surface area contributed by atoms with Crippen molar-refractivity contribution in [2.75, 3.05) is 44.3 Å². The summed E-state index contributed by atoms with van der Waals surface area (Å²) >= 11 is 1.72. The molecule has 0 spiro atoms. The average Bonchev–Trinajstić information content (AvgIpc) is 3.65. The Bertz CT molecular complexity index is 1610. The number of hydrogen-bond donors (Lipinski definition) is 1. The molecule has 1 saturated heterocycles. The smallest absolute Gasteiger partial charge is 0.222 e. The fraction of sp³-hybridized carbons (Fsp3) is 0.367. The van der Waals surface area contributed by atoms with Gasteiger partial charge in [-0.3, -0.25) is 14.7 Å². The minimum atomic E-state index is 0.0741. The van der Waals surface area contributed by atoms with Crippen molar-refractivity contribution >= 4 is 55.5 Å². The number of hydrogen-bond acceptors (Lipinski definition) is 8. The molecule has 0 unspecified atom stereocenters. The molecule has 3 aromatic heterocycles. The zero-order valence-electron chi connectivity index (χ0n) is 22.6. The highest BCUT2D eigenvalue weighted by Gasteiger charge is 2.23. The van der Waals surface area contributed by atoms with E-state index >= 15 is 0 Å². The molecule has 10 heteroatoms. The number of thiophene rings is 1. The Morgan fingerprint density at radius 1 is 1.15 bits per heavy atom. The number of ketones is 1. The summed E-state index contributed by atoms with van der Waals surface area (Å²) in [4.78, 5) is 39.9. The van der Waals surface area contributed by atoms with E-state index in [-0.39, 0.29) is 11.7 Å². The average molecular weight is 557 g/mol. The van der Waals surface area contributed by atoms with Crippen molar-refractivity contribution in [2.45, 2.75) is 32.6 Å². The van der Waals surface area contributed by atoms with Crippen LogP contribution in [0.15, 0.2) is 48.7 Å². The summed E-state index contributed by atoms with van der Waals surface area (Å²) in [6.07, 6.45) is 9.49. The van der Waals surface area contributed by atoms with Gasteiger partial charge in [-0.15, -0.1) is 11.3 Å². The van der Waals surface area contributed by atoms with E-state index in [2.05, 4.69) is 27.2 Å². The zero-order chi connectivity index (χ0) is 27.5. The standard InChI is InChI=1S/C30H32N6O3S/c1-2-5-21(37)6-3-9-27(38)35-12-10-20(11-13-35)26-18-25-28(40-26)30(36-14-16-39-17-15-36)33-29(32-25)22-7-4-8-24-23(22)19-31-34-24/h2,4-5,7-8,10,18-19H,3,6,9,11-17H2,1H3,(H,31,34). The van der Waals surface area contributed by atoms with Crippen LogP contribution in [0.4, 0.5) is 5.82 Å². The summed E-state index contributed by atoms with van der Waals surface area (Å²) in [6.45, 7) is 6.01. The topological polar surface area (TPSA) is 104 Å². The number of nitrogens with one attached hydrogen (secondary N) is 1. The molecule has 1 aromatic carbocycles. The molecule has 6 rings (SSSR count). The molecule has 1 amide bonds. The lowest BCUT2D eigenvalue weighted by Crippen LogP contribution is -2.36. The number of nitrogens with zero attached hydrogens (tertiary/aromatic N) is 5. The van der Waals surface area contributed by atoms with Crippen LogP contribution in [0.2, 0.25) is 0 Å². The van der Waals surface area contributed by atoms with Crippen molar-refractivity contribution in [3.8, 4) is 11.4 Å². The fourth-order valence-corrected chi connectivity index (χ4v) is 6.49. The number of morpholine rings is 1. The molecule has 1 fully saturated rings. The molecule has 4 aromatic rings. The second kappa shape index (κ2) is 11.7. The summed E-state index contributed by atoms with van der Waals surface area (Å²) in [6, 6.07) is 8.21. The van der Waals surface area contributed by atoms with Gasteiger partial charge < -0.3 is 14.5 Å². The SMILES string of the molecule is CC=CC(=O)CCCC(=O)N1CC=C(c2cc3nc(-c4cccc5[nH]ncc45)nc(N4CCOCC4)c3s2)CC1. The number of fused-ring (bicyclic) bond motifs is 2. The van der Waals surface area contributed by atoms with E-state index in [1.165, 1.54) is 10.5 Å². The largest absolute Gasteiger partial charge is 0.378 e. The Morgan fingerprint density at radius 2 is 2.02 bits per heavy atom.